The van der Waals surface area contributed by atoms with E-state index in [1.54, 1.807) is 0 Å². The van der Waals surface area contributed by atoms with Crippen LogP contribution in [0, 0.1) is 3.57 Å². The number of ether oxygens (including phenoxy) is 1. The van der Waals surface area contributed by atoms with E-state index in [0.29, 0.717) is 11.6 Å². The molecule has 21 heavy (non-hydrogen) atoms. The highest BCUT2D eigenvalue weighted by molar-refractivity contribution is 14.1. The third kappa shape index (κ3) is 4.50. The molecule has 0 aromatic heterocycles. The van der Waals surface area contributed by atoms with Crippen LogP contribution in [0.3, 0.4) is 0 Å². The first-order chi connectivity index (χ1) is 10.0. The molecule has 112 valence electrons. The van der Waals surface area contributed by atoms with Crippen molar-refractivity contribution in [1.29, 1.82) is 0 Å². The summed E-state index contributed by atoms with van der Waals surface area (Å²) < 4.78 is 7.67. The van der Waals surface area contributed by atoms with Crippen molar-refractivity contribution in [1.82, 2.24) is 0 Å². The van der Waals surface area contributed by atoms with Crippen molar-refractivity contribution in [2.75, 3.05) is 6.61 Å². The van der Waals surface area contributed by atoms with Gasteiger partial charge in [-0.3, -0.25) is 0 Å². The quantitative estimate of drug-likeness (QED) is 0.324. The first kappa shape index (κ1) is 17.4. The molecule has 0 amide bonds. The maximum atomic E-state index is 6.61. The van der Waals surface area contributed by atoms with Gasteiger partial charge in [-0.2, -0.15) is 0 Å². The SMILES string of the molecule is CCCOc1ccc(C(Cl)c2cc(Cl)ccc2I)cc1Br. The van der Waals surface area contributed by atoms with Crippen LogP contribution in [0.25, 0.3) is 0 Å². The lowest BCUT2D eigenvalue weighted by molar-refractivity contribution is 0.315. The average molecular weight is 500 g/mol. The molecule has 0 saturated heterocycles. The van der Waals surface area contributed by atoms with Gasteiger partial charge in [0.1, 0.15) is 5.75 Å². The van der Waals surface area contributed by atoms with Crippen molar-refractivity contribution in [2.45, 2.75) is 18.7 Å². The molecule has 0 bridgehead atoms. The zero-order valence-electron chi connectivity index (χ0n) is 11.4. The molecule has 2 rings (SSSR count). The molecular formula is C16H14BrCl2IO. The molecule has 0 aliphatic rings. The molecule has 1 atom stereocenters. The molecule has 0 N–H and O–H groups in total. The highest BCUT2D eigenvalue weighted by Gasteiger charge is 2.16. The van der Waals surface area contributed by atoms with Crippen LogP contribution < -0.4 is 4.74 Å². The Balaban J connectivity index is 2.29. The normalized spacial score (nSPS) is 12.2. The van der Waals surface area contributed by atoms with Crippen LogP contribution in [0.15, 0.2) is 40.9 Å². The van der Waals surface area contributed by atoms with Crippen molar-refractivity contribution < 1.29 is 4.74 Å². The van der Waals surface area contributed by atoms with Gasteiger partial charge in [-0.1, -0.05) is 24.6 Å². The van der Waals surface area contributed by atoms with Gasteiger partial charge in [-0.05, 0) is 86.4 Å². The molecule has 1 nitrogen and oxygen atoms in total. The number of alkyl halides is 1. The lowest BCUT2D eigenvalue weighted by Gasteiger charge is -2.15. The smallest absolute Gasteiger partial charge is 0.133 e. The van der Waals surface area contributed by atoms with Crippen LogP contribution in [0.5, 0.6) is 5.75 Å². The Kier molecular flexibility index (Phi) is 6.66. The average Bonchev–Trinajstić information content (AvgIpc) is 2.47. The van der Waals surface area contributed by atoms with Crippen LogP contribution in [-0.2, 0) is 0 Å². The molecule has 1 unspecified atom stereocenters. The Bertz CT molecular complexity index is 634. The second-order valence-corrected chi connectivity index (χ2v) is 7.46. The lowest BCUT2D eigenvalue weighted by atomic mass is 10.0. The summed E-state index contributed by atoms with van der Waals surface area (Å²) in [4.78, 5) is 0. The van der Waals surface area contributed by atoms with E-state index in [2.05, 4.69) is 45.4 Å². The second kappa shape index (κ2) is 8.04. The fourth-order valence-corrected chi connectivity index (χ4v) is 3.73. The fraction of sp³-hybridized carbons (Fsp3) is 0.250. The first-order valence-electron chi connectivity index (χ1n) is 6.54. The second-order valence-electron chi connectivity index (χ2n) is 4.57. The van der Waals surface area contributed by atoms with Gasteiger partial charge < -0.3 is 4.74 Å². The van der Waals surface area contributed by atoms with Gasteiger partial charge in [0.05, 0.1) is 16.5 Å². The van der Waals surface area contributed by atoms with Gasteiger partial charge in [0, 0.05) is 8.59 Å². The Labute approximate surface area is 157 Å². The van der Waals surface area contributed by atoms with Crippen LogP contribution >= 0.6 is 61.7 Å². The number of hydrogen-bond donors (Lipinski definition) is 0. The fourth-order valence-electron chi connectivity index (χ4n) is 1.89. The van der Waals surface area contributed by atoms with Gasteiger partial charge >= 0.3 is 0 Å². The third-order valence-electron chi connectivity index (χ3n) is 2.94. The standard InChI is InChI=1S/C16H14BrCl2IO/c1-2-7-21-15-6-3-10(8-13(15)17)16(19)12-9-11(18)4-5-14(12)20/h3-6,8-9,16H,2,7H2,1H3. The number of hydrogen-bond acceptors (Lipinski definition) is 1. The largest absolute Gasteiger partial charge is 0.492 e. The molecule has 0 saturated carbocycles. The minimum absolute atomic E-state index is 0.243. The Morgan fingerprint density at radius 2 is 2.00 bits per heavy atom. The van der Waals surface area contributed by atoms with E-state index in [0.717, 1.165) is 31.3 Å². The van der Waals surface area contributed by atoms with E-state index in [1.165, 1.54) is 0 Å². The van der Waals surface area contributed by atoms with E-state index in [-0.39, 0.29) is 5.38 Å². The summed E-state index contributed by atoms with van der Waals surface area (Å²) >= 11 is 18.5. The Morgan fingerprint density at radius 1 is 1.24 bits per heavy atom. The third-order valence-corrected chi connectivity index (χ3v) is 5.27. The summed E-state index contributed by atoms with van der Waals surface area (Å²) in [5.41, 5.74) is 2.02. The van der Waals surface area contributed by atoms with Gasteiger partial charge in [-0.15, -0.1) is 11.6 Å². The predicted molar refractivity (Wildman–Crippen MR) is 102 cm³/mol. The number of halogens is 4. The predicted octanol–water partition coefficient (Wildman–Crippen LogP) is 6.82. The van der Waals surface area contributed by atoms with Gasteiger partial charge in [0.15, 0.2) is 0 Å². The zero-order valence-corrected chi connectivity index (χ0v) is 16.6. The first-order valence-corrected chi connectivity index (χ1v) is 9.22. The zero-order chi connectivity index (χ0) is 15.4. The summed E-state index contributed by atoms with van der Waals surface area (Å²) in [5, 5.41) is 0.449. The van der Waals surface area contributed by atoms with Gasteiger partial charge in [-0.25, -0.2) is 0 Å². The van der Waals surface area contributed by atoms with Crippen LogP contribution in [0.2, 0.25) is 5.02 Å². The molecule has 2 aromatic carbocycles. The molecule has 0 radical (unpaired) electrons. The monoisotopic (exact) mass is 498 g/mol. The van der Waals surface area contributed by atoms with E-state index in [1.807, 2.05) is 36.4 Å². The molecule has 0 spiro atoms. The molecular weight excluding hydrogens is 486 g/mol. The molecule has 0 heterocycles. The Morgan fingerprint density at radius 3 is 2.67 bits per heavy atom. The molecule has 0 fully saturated rings. The highest BCUT2D eigenvalue weighted by Crippen LogP contribution is 2.36. The Hall–Kier alpha value is 0.0300. The maximum absolute atomic E-state index is 6.61. The lowest BCUT2D eigenvalue weighted by Crippen LogP contribution is -1.99. The van der Waals surface area contributed by atoms with Crippen molar-refractivity contribution in [2.24, 2.45) is 0 Å². The summed E-state index contributed by atoms with van der Waals surface area (Å²) in [7, 11) is 0. The molecule has 2 aromatic rings. The van der Waals surface area contributed by atoms with E-state index in [4.69, 9.17) is 27.9 Å². The van der Waals surface area contributed by atoms with Crippen LogP contribution in [0.1, 0.15) is 29.8 Å². The summed E-state index contributed by atoms with van der Waals surface area (Å²) in [6.45, 7) is 2.78. The maximum Gasteiger partial charge on any atom is 0.133 e. The minimum atomic E-state index is -0.243. The minimum Gasteiger partial charge on any atom is -0.492 e. The van der Waals surface area contributed by atoms with Crippen molar-refractivity contribution in [3.63, 3.8) is 0 Å². The van der Waals surface area contributed by atoms with Gasteiger partial charge in [0.25, 0.3) is 0 Å². The summed E-state index contributed by atoms with van der Waals surface area (Å²) in [6, 6.07) is 11.7. The van der Waals surface area contributed by atoms with Crippen molar-refractivity contribution in [3.8, 4) is 5.75 Å². The number of benzene rings is 2. The van der Waals surface area contributed by atoms with E-state index in [9.17, 15) is 0 Å². The molecule has 0 aliphatic carbocycles. The van der Waals surface area contributed by atoms with E-state index < -0.39 is 0 Å². The topological polar surface area (TPSA) is 9.23 Å². The summed E-state index contributed by atoms with van der Waals surface area (Å²) in [5.74, 6) is 0.838. The summed E-state index contributed by atoms with van der Waals surface area (Å²) in [6.07, 6.45) is 0.979. The van der Waals surface area contributed by atoms with Crippen molar-refractivity contribution >= 4 is 61.7 Å². The van der Waals surface area contributed by atoms with Crippen molar-refractivity contribution in [3.05, 3.63) is 60.6 Å². The highest BCUT2D eigenvalue weighted by atomic mass is 127. The van der Waals surface area contributed by atoms with Crippen LogP contribution in [0.4, 0.5) is 0 Å². The molecule has 0 aliphatic heterocycles. The van der Waals surface area contributed by atoms with E-state index >= 15 is 0 Å². The number of rotatable bonds is 5. The van der Waals surface area contributed by atoms with Gasteiger partial charge in [0.2, 0.25) is 0 Å². The van der Waals surface area contributed by atoms with Crippen LogP contribution in [-0.4, -0.2) is 6.61 Å². The molecule has 5 heteroatoms.